The van der Waals surface area contributed by atoms with Crippen molar-refractivity contribution < 1.29 is 4.79 Å². The molecule has 140 valence electrons. The Bertz CT molecular complexity index is 1340. The highest BCUT2D eigenvalue weighted by Gasteiger charge is 2.36. The van der Waals surface area contributed by atoms with Crippen molar-refractivity contribution in [1.29, 1.82) is 0 Å². The lowest BCUT2D eigenvalue weighted by molar-refractivity contribution is -0.116. The van der Waals surface area contributed by atoms with Gasteiger partial charge in [-0.05, 0) is 54.3 Å². The fourth-order valence-electron chi connectivity index (χ4n) is 4.83. The fraction of sp³-hybridized carbons (Fsp3) is 0.160. The highest BCUT2D eigenvalue weighted by molar-refractivity contribution is 6.03. The maximum Gasteiger partial charge on any atom is 0.161 e. The van der Waals surface area contributed by atoms with Gasteiger partial charge >= 0.3 is 0 Å². The molecule has 0 fully saturated rings. The third-order valence-electron chi connectivity index (χ3n) is 6.11. The first-order chi connectivity index (χ1) is 14.3. The molecule has 0 saturated heterocycles. The Hall–Kier alpha value is -3.53. The van der Waals surface area contributed by atoms with E-state index in [0.717, 1.165) is 62.7 Å². The predicted octanol–water partition coefficient (Wildman–Crippen LogP) is 5.35. The Morgan fingerprint density at radius 1 is 0.897 bits per heavy atom. The molecule has 1 unspecified atom stereocenters. The van der Waals surface area contributed by atoms with Crippen LogP contribution in [0.1, 0.15) is 36.3 Å². The monoisotopic (exact) mass is 377 g/mol. The van der Waals surface area contributed by atoms with E-state index >= 15 is 0 Å². The summed E-state index contributed by atoms with van der Waals surface area (Å²) in [4.78, 5) is 22.2. The van der Waals surface area contributed by atoms with Gasteiger partial charge in [-0.3, -0.25) is 14.8 Å². The zero-order chi connectivity index (χ0) is 19.4. The van der Waals surface area contributed by atoms with E-state index in [9.17, 15) is 4.79 Å². The van der Waals surface area contributed by atoms with Crippen molar-refractivity contribution in [2.24, 2.45) is 0 Å². The number of anilines is 1. The van der Waals surface area contributed by atoms with E-state index in [1.807, 2.05) is 24.5 Å². The van der Waals surface area contributed by atoms with E-state index in [2.05, 4.69) is 57.7 Å². The van der Waals surface area contributed by atoms with Gasteiger partial charge in [-0.15, -0.1) is 0 Å². The van der Waals surface area contributed by atoms with Gasteiger partial charge in [-0.25, -0.2) is 0 Å². The highest BCUT2D eigenvalue weighted by atomic mass is 16.1. The normalized spacial score (nSPS) is 18.5. The van der Waals surface area contributed by atoms with Crippen molar-refractivity contribution in [3.8, 4) is 0 Å². The van der Waals surface area contributed by atoms with Crippen molar-refractivity contribution in [2.45, 2.75) is 25.2 Å². The lowest BCUT2D eigenvalue weighted by Gasteiger charge is -2.34. The number of carbonyl (C=O) groups is 1. The van der Waals surface area contributed by atoms with E-state index in [1.165, 1.54) is 0 Å². The molecule has 2 aromatic heterocycles. The van der Waals surface area contributed by atoms with Crippen LogP contribution in [-0.2, 0) is 4.79 Å². The van der Waals surface area contributed by atoms with Crippen molar-refractivity contribution in [3.63, 3.8) is 0 Å². The van der Waals surface area contributed by atoms with E-state index < -0.39 is 0 Å². The molecule has 2 aromatic carbocycles. The summed E-state index contributed by atoms with van der Waals surface area (Å²) in [6.45, 7) is 0. The Morgan fingerprint density at radius 3 is 2.69 bits per heavy atom. The van der Waals surface area contributed by atoms with Crippen LogP contribution in [0.15, 0.2) is 78.3 Å². The molecule has 4 nitrogen and oxygen atoms in total. The summed E-state index contributed by atoms with van der Waals surface area (Å²) in [6.07, 6.45) is 6.06. The zero-order valence-corrected chi connectivity index (χ0v) is 15.9. The number of allylic oxidation sites excluding steroid dienone is 2. The van der Waals surface area contributed by atoms with Gasteiger partial charge in [-0.2, -0.15) is 0 Å². The van der Waals surface area contributed by atoms with Crippen LogP contribution in [0, 0.1) is 0 Å². The van der Waals surface area contributed by atoms with E-state index in [1.54, 1.807) is 0 Å². The second kappa shape index (κ2) is 6.24. The first-order valence-corrected chi connectivity index (χ1v) is 10.1. The summed E-state index contributed by atoms with van der Waals surface area (Å²) >= 11 is 0. The van der Waals surface area contributed by atoms with E-state index in [0.29, 0.717) is 6.42 Å². The molecule has 6 rings (SSSR count). The third-order valence-corrected chi connectivity index (χ3v) is 6.11. The quantitative estimate of drug-likeness (QED) is 0.486. The number of carbonyl (C=O) groups excluding carboxylic acids is 1. The maximum atomic E-state index is 13.1. The molecular weight excluding hydrogens is 358 g/mol. The number of hydrogen-bond donors (Lipinski definition) is 1. The number of benzene rings is 2. The lowest BCUT2D eigenvalue weighted by Crippen LogP contribution is -2.27. The topological polar surface area (TPSA) is 54.9 Å². The van der Waals surface area contributed by atoms with Gasteiger partial charge in [0.1, 0.15) is 0 Å². The zero-order valence-electron chi connectivity index (χ0n) is 15.9. The Morgan fingerprint density at radius 2 is 1.76 bits per heavy atom. The first kappa shape index (κ1) is 16.4. The predicted molar refractivity (Wildman–Crippen MR) is 115 cm³/mol. The average Bonchev–Trinajstić information content (AvgIpc) is 2.77. The smallest absolute Gasteiger partial charge is 0.161 e. The molecule has 2 aliphatic rings. The molecular formula is C25H19N3O. The molecule has 1 aliphatic carbocycles. The summed E-state index contributed by atoms with van der Waals surface area (Å²) in [7, 11) is 0. The number of hydrogen-bond acceptors (Lipinski definition) is 4. The third kappa shape index (κ3) is 2.49. The van der Waals surface area contributed by atoms with Gasteiger partial charge < -0.3 is 5.32 Å². The fourth-order valence-corrected chi connectivity index (χ4v) is 4.83. The van der Waals surface area contributed by atoms with Gasteiger partial charge in [-0.1, -0.05) is 24.3 Å². The van der Waals surface area contributed by atoms with Crippen molar-refractivity contribution in [1.82, 2.24) is 9.97 Å². The number of fused-ring (bicyclic) bond motifs is 4. The Labute approximate surface area is 168 Å². The molecule has 4 heteroatoms. The Kier molecular flexibility index (Phi) is 3.54. The summed E-state index contributed by atoms with van der Waals surface area (Å²) in [5.74, 6) is 0.143. The van der Waals surface area contributed by atoms with Gasteiger partial charge in [0, 0.05) is 52.5 Å². The second-order valence-corrected chi connectivity index (χ2v) is 7.78. The van der Waals surface area contributed by atoms with Crippen LogP contribution in [0.4, 0.5) is 5.69 Å². The molecule has 4 aromatic rings. The van der Waals surface area contributed by atoms with Crippen molar-refractivity contribution >= 4 is 33.3 Å². The Balaban J connectivity index is 1.68. The molecule has 0 bridgehead atoms. The standard InChI is InChI=1S/C25H19N3O/c29-22-7-1-6-19-25(22)23(16-9-8-15-4-2-12-27-21(15)14-16)24-17-5-3-13-26-18(17)10-11-20(24)28-19/h2-5,8-14,23,28H,1,6-7H2. The maximum absolute atomic E-state index is 13.1. The summed E-state index contributed by atoms with van der Waals surface area (Å²) in [5, 5.41) is 5.77. The number of Topliss-reactive ketones (excluding diaryl/α,β-unsaturated/α-hetero) is 1. The minimum atomic E-state index is -0.103. The van der Waals surface area contributed by atoms with E-state index in [-0.39, 0.29) is 11.7 Å². The molecule has 0 spiro atoms. The van der Waals surface area contributed by atoms with Gasteiger partial charge in [0.15, 0.2) is 5.78 Å². The van der Waals surface area contributed by atoms with E-state index in [4.69, 9.17) is 0 Å². The molecule has 1 atom stereocenters. The number of pyridine rings is 2. The molecule has 0 amide bonds. The number of nitrogens with one attached hydrogen (secondary N) is 1. The molecule has 1 N–H and O–H groups in total. The number of aromatic nitrogens is 2. The SMILES string of the molecule is O=C1CCCC2=C1C(c1ccc3cccnc3c1)c1c(ccc3ncccc13)N2. The van der Waals surface area contributed by atoms with Crippen LogP contribution < -0.4 is 5.32 Å². The van der Waals surface area contributed by atoms with Crippen LogP contribution in [0.5, 0.6) is 0 Å². The minimum Gasteiger partial charge on any atom is -0.358 e. The summed E-state index contributed by atoms with van der Waals surface area (Å²) < 4.78 is 0. The highest BCUT2D eigenvalue weighted by Crippen LogP contribution is 2.47. The molecule has 1 aliphatic heterocycles. The molecule has 0 saturated carbocycles. The summed E-state index contributed by atoms with van der Waals surface area (Å²) in [6, 6.07) is 18.6. The lowest BCUT2D eigenvalue weighted by atomic mass is 9.74. The summed E-state index contributed by atoms with van der Waals surface area (Å²) in [5.41, 5.74) is 7.21. The molecule has 3 heterocycles. The number of rotatable bonds is 1. The van der Waals surface area contributed by atoms with Crippen LogP contribution in [0.25, 0.3) is 21.8 Å². The largest absolute Gasteiger partial charge is 0.358 e. The van der Waals surface area contributed by atoms with Gasteiger partial charge in [0.25, 0.3) is 0 Å². The average molecular weight is 377 g/mol. The van der Waals surface area contributed by atoms with Crippen molar-refractivity contribution in [2.75, 3.05) is 5.32 Å². The second-order valence-electron chi connectivity index (χ2n) is 7.78. The van der Waals surface area contributed by atoms with Crippen LogP contribution in [0.3, 0.4) is 0 Å². The number of nitrogens with zero attached hydrogens (tertiary/aromatic N) is 2. The van der Waals surface area contributed by atoms with Crippen LogP contribution in [-0.4, -0.2) is 15.8 Å². The minimum absolute atomic E-state index is 0.103. The number of ketones is 1. The van der Waals surface area contributed by atoms with Crippen LogP contribution in [0.2, 0.25) is 0 Å². The van der Waals surface area contributed by atoms with Crippen molar-refractivity contribution in [3.05, 3.63) is 89.4 Å². The molecule has 0 radical (unpaired) electrons. The van der Waals surface area contributed by atoms with Crippen LogP contribution >= 0.6 is 0 Å². The molecule has 29 heavy (non-hydrogen) atoms. The van der Waals surface area contributed by atoms with Gasteiger partial charge in [0.05, 0.1) is 11.0 Å². The van der Waals surface area contributed by atoms with Gasteiger partial charge in [0.2, 0.25) is 0 Å². The first-order valence-electron chi connectivity index (χ1n) is 10.1.